The average Bonchev–Trinajstić information content (AvgIpc) is 2.90. The normalized spacial score (nSPS) is 51.0. The summed E-state index contributed by atoms with van der Waals surface area (Å²) in [6.07, 6.45) is 2.96. The van der Waals surface area contributed by atoms with Gasteiger partial charge in [-0.1, -0.05) is 0 Å². The summed E-state index contributed by atoms with van der Waals surface area (Å²) in [5, 5.41) is 3.56. The van der Waals surface area contributed by atoms with Crippen LogP contribution in [0.25, 0.3) is 0 Å². The van der Waals surface area contributed by atoms with Gasteiger partial charge in [-0.2, -0.15) is 0 Å². The minimum Gasteiger partial charge on any atom is -0.316 e. The minimum absolute atomic E-state index is 0.933. The average molecular weight is 235 g/mol. The summed E-state index contributed by atoms with van der Waals surface area (Å²) < 4.78 is 0. The standard InChI is InChI=1S/C14H25N3/c1-16-6-12-8-17(9-13(12)7-16)14-2-10-4-15-5-11(10)3-14/h10-15H,2-9H2,1H3. The zero-order valence-electron chi connectivity index (χ0n) is 10.9. The molecule has 4 aliphatic rings. The zero-order valence-corrected chi connectivity index (χ0v) is 10.9. The molecule has 0 aromatic rings. The summed E-state index contributed by atoms with van der Waals surface area (Å²) in [5.74, 6) is 3.98. The Balaban J connectivity index is 1.39. The Morgan fingerprint density at radius 1 is 0.824 bits per heavy atom. The molecule has 3 heteroatoms. The summed E-state index contributed by atoms with van der Waals surface area (Å²) >= 11 is 0. The van der Waals surface area contributed by atoms with Gasteiger partial charge in [0.15, 0.2) is 0 Å². The van der Waals surface area contributed by atoms with Gasteiger partial charge in [-0.15, -0.1) is 0 Å². The van der Waals surface area contributed by atoms with Gasteiger partial charge in [0.1, 0.15) is 0 Å². The summed E-state index contributed by atoms with van der Waals surface area (Å²) in [7, 11) is 2.29. The number of nitrogens with zero attached hydrogens (tertiary/aromatic N) is 2. The molecule has 0 amide bonds. The van der Waals surface area contributed by atoms with E-state index in [1.54, 1.807) is 0 Å². The molecular formula is C14H25N3. The molecule has 3 saturated heterocycles. The third kappa shape index (κ3) is 1.74. The van der Waals surface area contributed by atoms with Crippen LogP contribution in [0.5, 0.6) is 0 Å². The van der Waals surface area contributed by atoms with E-state index >= 15 is 0 Å². The maximum atomic E-state index is 3.56. The van der Waals surface area contributed by atoms with E-state index in [0.29, 0.717) is 0 Å². The Bertz CT molecular complexity index is 280. The Morgan fingerprint density at radius 3 is 2.00 bits per heavy atom. The Labute approximate surface area is 105 Å². The highest BCUT2D eigenvalue weighted by Crippen LogP contribution is 2.40. The fourth-order valence-electron chi connectivity index (χ4n) is 4.99. The van der Waals surface area contributed by atoms with Gasteiger partial charge in [-0.25, -0.2) is 0 Å². The molecule has 0 radical (unpaired) electrons. The van der Waals surface area contributed by atoms with Crippen molar-refractivity contribution in [3.63, 3.8) is 0 Å². The molecule has 17 heavy (non-hydrogen) atoms. The molecule has 1 saturated carbocycles. The fraction of sp³-hybridized carbons (Fsp3) is 1.00. The van der Waals surface area contributed by atoms with Gasteiger partial charge < -0.3 is 10.2 Å². The molecule has 4 unspecified atom stereocenters. The van der Waals surface area contributed by atoms with Crippen LogP contribution in [0.1, 0.15) is 12.8 Å². The highest BCUT2D eigenvalue weighted by molar-refractivity contribution is 4.99. The maximum Gasteiger partial charge on any atom is 0.0102 e. The van der Waals surface area contributed by atoms with E-state index in [2.05, 4.69) is 22.2 Å². The van der Waals surface area contributed by atoms with Crippen LogP contribution in [0, 0.1) is 23.7 Å². The van der Waals surface area contributed by atoms with Crippen molar-refractivity contribution in [2.24, 2.45) is 23.7 Å². The van der Waals surface area contributed by atoms with Crippen LogP contribution < -0.4 is 5.32 Å². The summed E-state index contributed by atoms with van der Waals surface area (Å²) in [5.41, 5.74) is 0. The van der Waals surface area contributed by atoms with E-state index in [4.69, 9.17) is 0 Å². The predicted molar refractivity (Wildman–Crippen MR) is 68.9 cm³/mol. The lowest BCUT2D eigenvalue weighted by Gasteiger charge is -2.26. The number of fused-ring (bicyclic) bond motifs is 2. The van der Waals surface area contributed by atoms with Crippen molar-refractivity contribution in [2.45, 2.75) is 18.9 Å². The largest absolute Gasteiger partial charge is 0.316 e. The van der Waals surface area contributed by atoms with Crippen LogP contribution in [0.4, 0.5) is 0 Å². The zero-order chi connectivity index (χ0) is 11.4. The topological polar surface area (TPSA) is 18.5 Å². The first kappa shape index (κ1) is 10.8. The highest BCUT2D eigenvalue weighted by Gasteiger charge is 2.45. The summed E-state index contributed by atoms with van der Waals surface area (Å²) in [4.78, 5) is 5.38. The van der Waals surface area contributed by atoms with E-state index in [1.807, 2.05) is 0 Å². The quantitative estimate of drug-likeness (QED) is 0.713. The molecule has 4 fully saturated rings. The van der Waals surface area contributed by atoms with Gasteiger partial charge in [-0.05, 0) is 56.7 Å². The molecule has 3 heterocycles. The number of hydrogen-bond donors (Lipinski definition) is 1. The molecule has 0 aromatic carbocycles. The van der Waals surface area contributed by atoms with Crippen LogP contribution >= 0.6 is 0 Å². The molecule has 0 aromatic heterocycles. The van der Waals surface area contributed by atoms with E-state index in [9.17, 15) is 0 Å². The molecule has 0 spiro atoms. The van der Waals surface area contributed by atoms with E-state index in [-0.39, 0.29) is 0 Å². The number of rotatable bonds is 1. The number of nitrogens with one attached hydrogen (secondary N) is 1. The van der Waals surface area contributed by atoms with Crippen molar-refractivity contribution in [1.82, 2.24) is 15.1 Å². The Morgan fingerprint density at radius 2 is 1.41 bits per heavy atom. The third-order valence-corrected chi connectivity index (χ3v) is 5.84. The van der Waals surface area contributed by atoms with Crippen molar-refractivity contribution in [2.75, 3.05) is 46.3 Å². The van der Waals surface area contributed by atoms with E-state index in [1.165, 1.54) is 52.1 Å². The lowest BCUT2D eigenvalue weighted by molar-refractivity contribution is 0.206. The molecular weight excluding hydrogens is 210 g/mol. The second-order valence-corrected chi connectivity index (χ2v) is 7.00. The Hall–Kier alpha value is -0.120. The smallest absolute Gasteiger partial charge is 0.0102 e. The van der Waals surface area contributed by atoms with Gasteiger partial charge in [0.25, 0.3) is 0 Å². The lowest BCUT2D eigenvalue weighted by Crippen LogP contribution is -2.35. The molecule has 0 bridgehead atoms. The van der Waals surface area contributed by atoms with Crippen LogP contribution in [-0.4, -0.2) is 62.2 Å². The molecule has 3 aliphatic heterocycles. The third-order valence-electron chi connectivity index (χ3n) is 5.84. The van der Waals surface area contributed by atoms with Crippen LogP contribution in [0.3, 0.4) is 0 Å². The minimum atomic E-state index is 0.933. The first-order chi connectivity index (χ1) is 8.29. The second kappa shape index (κ2) is 3.94. The Kier molecular flexibility index (Phi) is 2.50. The van der Waals surface area contributed by atoms with Gasteiger partial charge in [0.2, 0.25) is 0 Å². The van der Waals surface area contributed by atoms with Crippen LogP contribution in [0.15, 0.2) is 0 Å². The van der Waals surface area contributed by atoms with Crippen molar-refractivity contribution in [1.29, 1.82) is 0 Å². The molecule has 4 rings (SSSR count). The van der Waals surface area contributed by atoms with Crippen molar-refractivity contribution >= 4 is 0 Å². The molecule has 3 nitrogen and oxygen atoms in total. The predicted octanol–water partition coefficient (Wildman–Crippen LogP) is 0.478. The molecule has 1 aliphatic carbocycles. The summed E-state index contributed by atoms with van der Waals surface area (Å²) in [6, 6.07) is 0.933. The SMILES string of the molecule is CN1CC2CN(C3CC4CNCC4C3)CC2C1. The van der Waals surface area contributed by atoms with E-state index < -0.39 is 0 Å². The lowest BCUT2D eigenvalue weighted by atomic mass is 10.0. The molecule has 4 atom stereocenters. The maximum absolute atomic E-state index is 3.56. The second-order valence-electron chi connectivity index (χ2n) is 7.00. The number of likely N-dealkylation sites (tertiary alicyclic amines) is 2. The number of hydrogen-bond acceptors (Lipinski definition) is 3. The van der Waals surface area contributed by atoms with Crippen molar-refractivity contribution in [3.05, 3.63) is 0 Å². The van der Waals surface area contributed by atoms with Crippen LogP contribution in [-0.2, 0) is 0 Å². The van der Waals surface area contributed by atoms with Crippen LogP contribution in [0.2, 0.25) is 0 Å². The van der Waals surface area contributed by atoms with Gasteiger partial charge >= 0.3 is 0 Å². The fourth-order valence-corrected chi connectivity index (χ4v) is 4.99. The molecule has 1 N–H and O–H groups in total. The van der Waals surface area contributed by atoms with Crippen molar-refractivity contribution in [3.8, 4) is 0 Å². The van der Waals surface area contributed by atoms with Gasteiger partial charge in [0, 0.05) is 32.2 Å². The highest BCUT2D eigenvalue weighted by atomic mass is 15.2. The van der Waals surface area contributed by atoms with Gasteiger partial charge in [0.05, 0.1) is 0 Å². The van der Waals surface area contributed by atoms with Crippen molar-refractivity contribution < 1.29 is 0 Å². The van der Waals surface area contributed by atoms with E-state index in [0.717, 1.165) is 29.7 Å². The first-order valence-corrected chi connectivity index (χ1v) is 7.43. The molecule has 96 valence electrons. The van der Waals surface area contributed by atoms with Gasteiger partial charge in [-0.3, -0.25) is 4.90 Å². The summed E-state index contributed by atoms with van der Waals surface area (Å²) in [6.45, 7) is 8.08. The first-order valence-electron chi connectivity index (χ1n) is 7.43. The monoisotopic (exact) mass is 235 g/mol.